The molecule has 2 aliphatic heterocycles. The Morgan fingerprint density at radius 2 is 1.65 bits per heavy atom. The van der Waals surface area contributed by atoms with Gasteiger partial charge >= 0.3 is 0 Å². The Balaban J connectivity index is 1.75. The molecule has 3 rings (SSSR count). The van der Waals surface area contributed by atoms with Crippen LogP contribution in [0.25, 0.3) is 0 Å². The normalized spacial score (nSPS) is 36.2. The van der Waals surface area contributed by atoms with Gasteiger partial charge in [0.1, 0.15) is 65.5 Å². The molecule has 34 heavy (non-hydrogen) atoms. The minimum Gasteiger partial charge on any atom is -0.507 e. The molecule has 2 fully saturated rings. The summed E-state index contributed by atoms with van der Waals surface area (Å²) in [5, 5.41) is 70.6. The molecular formula is C21H30O13. The molecule has 0 aromatic heterocycles. The molecule has 2 heterocycles. The highest BCUT2D eigenvalue weighted by molar-refractivity contribution is 6.00. The average Bonchev–Trinajstić information content (AvgIpc) is 2.80. The summed E-state index contributed by atoms with van der Waals surface area (Å²) >= 11 is 0. The van der Waals surface area contributed by atoms with Crippen molar-refractivity contribution in [3.63, 3.8) is 0 Å². The number of hydrogen-bond donors (Lipinski definition) is 7. The number of methoxy groups -OCH3 is 1. The summed E-state index contributed by atoms with van der Waals surface area (Å²) in [6.07, 6.45) is -13.6. The molecule has 2 aliphatic rings. The molecule has 0 radical (unpaired) electrons. The smallest absolute Gasteiger partial charge is 0.229 e. The molecule has 0 saturated carbocycles. The van der Waals surface area contributed by atoms with Crippen LogP contribution in [-0.2, 0) is 14.2 Å². The quantitative estimate of drug-likeness (QED) is 0.199. The van der Waals surface area contributed by atoms with Crippen LogP contribution in [0.2, 0.25) is 0 Å². The van der Waals surface area contributed by atoms with Gasteiger partial charge in [-0.3, -0.25) is 4.79 Å². The largest absolute Gasteiger partial charge is 0.507 e. The number of carbonyl (C=O) groups is 1. The number of aliphatic hydroxyl groups is 6. The number of aromatic hydroxyl groups is 1. The molecule has 0 amide bonds. The van der Waals surface area contributed by atoms with E-state index in [9.17, 15) is 40.5 Å². The van der Waals surface area contributed by atoms with Crippen LogP contribution in [0.1, 0.15) is 22.8 Å². The van der Waals surface area contributed by atoms with Crippen molar-refractivity contribution < 1.29 is 64.2 Å². The first-order valence-corrected chi connectivity index (χ1v) is 10.5. The van der Waals surface area contributed by atoms with Gasteiger partial charge in [0.2, 0.25) is 6.29 Å². The highest BCUT2D eigenvalue weighted by atomic mass is 16.7. The maximum Gasteiger partial charge on any atom is 0.229 e. The molecular weight excluding hydrogens is 460 g/mol. The maximum atomic E-state index is 11.9. The number of aliphatic hydroxyl groups excluding tert-OH is 6. The Kier molecular flexibility index (Phi) is 8.34. The first-order chi connectivity index (χ1) is 16.0. The summed E-state index contributed by atoms with van der Waals surface area (Å²) in [7, 11) is 1.29. The summed E-state index contributed by atoms with van der Waals surface area (Å²) < 4.78 is 26.8. The van der Waals surface area contributed by atoms with Gasteiger partial charge in [0.15, 0.2) is 12.1 Å². The van der Waals surface area contributed by atoms with E-state index in [1.54, 1.807) is 0 Å². The fourth-order valence-electron chi connectivity index (χ4n) is 3.74. The van der Waals surface area contributed by atoms with E-state index in [2.05, 4.69) is 0 Å². The van der Waals surface area contributed by atoms with Crippen molar-refractivity contribution in [2.24, 2.45) is 0 Å². The van der Waals surface area contributed by atoms with Crippen LogP contribution >= 0.6 is 0 Å². The zero-order valence-corrected chi connectivity index (χ0v) is 18.8. The number of carbonyl (C=O) groups excluding carboxylic acids is 1. The zero-order chi connectivity index (χ0) is 25.3. The highest BCUT2D eigenvalue weighted by Crippen LogP contribution is 2.39. The van der Waals surface area contributed by atoms with Crippen LogP contribution in [0.4, 0.5) is 0 Å². The monoisotopic (exact) mass is 490 g/mol. The molecule has 13 heteroatoms. The maximum absolute atomic E-state index is 11.9. The van der Waals surface area contributed by atoms with E-state index < -0.39 is 73.4 Å². The molecule has 1 aromatic carbocycles. The highest BCUT2D eigenvalue weighted by Gasteiger charge is 2.46. The molecule has 1 aromatic rings. The van der Waals surface area contributed by atoms with Crippen molar-refractivity contribution in [3.05, 3.63) is 17.2 Å². The minimum absolute atomic E-state index is 0.0144. The van der Waals surface area contributed by atoms with Crippen LogP contribution in [0.5, 0.6) is 17.2 Å². The van der Waals surface area contributed by atoms with Crippen LogP contribution in [-0.4, -0.2) is 117 Å². The van der Waals surface area contributed by atoms with Gasteiger partial charge in [0.05, 0.1) is 20.3 Å². The first kappa shape index (κ1) is 26.5. The van der Waals surface area contributed by atoms with E-state index in [1.165, 1.54) is 27.0 Å². The Hall–Kier alpha value is -2.07. The molecule has 0 aliphatic carbocycles. The lowest BCUT2D eigenvalue weighted by Gasteiger charge is -2.41. The third kappa shape index (κ3) is 5.12. The topological polar surface area (TPSA) is 205 Å². The SMILES string of the molecule is COc1cc(O[C@@H]2O[C@H](CO[C@@H]3OC[C@@H](O)[C@@H](O)[C@H]3O)[C@@H](O)[C@@H](O)[C@H]2O)c(C)c(O)c1C(C)=O. The van der Waals surface area contributed by atoms with Gasteiger partial charge in [-0.25, -0.2) is 0 Å². The van der Waals surface area contributed by atoms with Crippen LogP contribution in [0.3, 0.4) is 0 Å². The molecule has 2 saturated heterocycles. The number of ketones is 1. The predicted molar refractivity (Wildman–Crippen MR) is 110 cm³/mol. The summed E-state index contributed by atoms with van der Waals surface area (Å²) in [6, 6.07) is 1.31. The van der Waals surface area contributed by atoms with Crippen molar-refractivity contribution in [1.29, 1.82) is 0 Å². The fourth-order valence-corrected chi connectivity index (χ4v) is 3.74. The Morgan fingerprint density at radius 1 is 1.00 bits per heavy atom. The van der Waals surface area contributed by atoms with E-state index in [-0.39, 0.29) is 29.2 Å². The van der Waals surface area contributed by atoms with E-state index in [0.29, 0.717) is 0 Å². The fraction of sp³-hybridized carbons (Fsp3) is 0.667. The second-order valence-corrected chi connectivity index (χ2v) is 8.20. The first-order valence-electron chi connectivity index (χ1n) is 10.5. The van der Waals surface area contributed by atoms with Crippen molar-refractivity contribution in [2.45, 2.75) is 69.2 Å². The Bertz CT molecular complexity index is 877. The van der Waals surface area contributed by atoms with Gasteiger partial charge in [0.25, 0.3) is 0 Å². The van der Waals surface area contributed by atoms with Gasteiger partial charge in [-0.1, -0.05) is 0 Å². The van der Waals surface area contributed by atoms with Crippen LogP contribution in [0, 0.1) is 6.92 Å². The van der Waals surface area contributed by atoms with Crippen molar-refractivity contribution in [3.8, 4) is 17.2 Å². The summed E-state index contributed by atoms with van der Waals surface area (Å²) in [5.74, 6) is -0.842. The molecule has 0 unspecified atom stereocenters. The number of Topliss-reactive ketones (excluding diaryl/α,β-unsaturated/α-hetero) is 1. The lowest BCUT2D eigenvalue weighted by Crippen LogP contribution is -2.61. The van der Waals surface area contributed by atoms with Gasteiger partial charge in [-0.2, -0.15) is 0 Å². The third-order valence-corrected chi connectivity index (χ3v) is 5.83. The number of phenolic OH excluding ortho intramolecular Hbond substituents is 1. The van der Waals surface area contributed by atoms with Crippen LogP contribution < -0.4 is 9.47 Å². The number of phenols is 1. The molecule has 13 nitrogen and oxygen atoms in total. The molecule has 9 atom stereocenters. The van der Waals surface area contributed by atoms with Crippen molar-refractivity contribution >= 4 is 5.78 Å². The average molecular weight is 490 g/mol. The van der Waals surface area contributed by atoms with Gasteiger partial charge in [-0.05, 0) is 13.8 Å². The number of ether oxygens (including phenoxy) is 5. The van der Waals surface area contributed by atoms with Gasteiger partial charge in [0, 0.05) is 11.6 Å². The van der Waals surface area contributed by atoms with E-state index in [4.69, 9.17) is 23.7 Å². The Morgan fingerprint density at radius 3 is 2.26 bits per heavy atom. The van der Waals surface area contributed by atoms with E-state index >= 15 is 0 Å². The van der Waals surface area contributed by atoms with Gasteiger partial charge in [-0.15, -0.1) is 0 Å². The van der Waals surface area contributed by atoms with Crippen molar-refractivity contribution in [2.75, 3.05) is 20.3 Å². The summed E-state index contributed by atoms with van der Waals surface area (Å²) in [4.78, 5) is 11.9. The van der Waals surface area contributed by atoms with E-state index in [1.807, 2.05) is 0 Å². The summed E-state index contributed by atoms with van der Waals surface area (Å²) in [6.45, 7) is 1.96. The standard InChI is InChI=1S/C21H30O13/c1-7-10(4-11(30-3)13(8(2)22)14(7)24)33-21-19(29)17(27)16(26)12(34-21)6-32-20-18(28)15(25)9(23)5-31-20/h4,9,12,15-21,23-29H,5-6H2,1-3H3/t9-,12-,15-,16-,17-,18-,19-,20+,21-/m1/s1. The summed E-state index contributed by atoms with van der Waals surface area (Å²) in [5.41, 5.74) is 0.0824. The number of benzene rings is 1. The number of hydrogen-bond acceptors (Lipinski definition) is 13. The third-order valence-electron chi connectivity index (χ3n) is 5.83. The second-order valence-electron chi connectivity index (χ2n) is 8.20. The van der Waals surface area contributed by atoms with E-state index in [0.717, 1.165) is 0 Å². The minimum atomic E-state index is -1.72. The van der Waals surface area contributed by atoms with Crippen molar-refractivity contribution in [1.82, 2.24) is 0 Å². The zero-order valence-electron chi connectivity index (χ0n) is 18.8. The molecule has 7 N–H and O–H groups in total. The van der Waals surface area contributed by atoms with Crippen LogP contribution in [0.15, 0.2) is 6.07 Å². The molecule has 0 bridgehead atoms. The second kappa shape index (κ2) is 10.7. The molecule has 192 valence electrons. The molecule has 0 spiro atoms. The Labute approximate surface area is 194 Å². The lowest BCUT2D eigenvalue weighted by molar-refractivity contribution is -0.307. The number of rotatable bonds is 7. The van der Waals surface area contributed by atoms with Gasteiger partial charge < -0.3 is 59.4 Å². The lowest BCUT2D eigenvalue weighted by atomic mass is 9.99. The predicted octanol–water partition coefficient (Wildman–Crippen LogP) is -2.45.